The Balaban J connectivity index is 2.02. The minimum atomic E-state index is 0.672. The van der Waals surface area contributed by atoms with Crippen LogP contribution in [0.25, 0.3) is 0 Å². The van der Waals surface area contributed by atoms with Gasteiger partial charge in [0.2, 0.25) is 0 Å². The van der Waals surface area contributed by atoms with Gasteiger partial charge >= 0.3 is 0 Å². The summed E-state index contributed by atoms with van der Waals surface area (Å²) in [5.41, 5.74) is 7.29. The van der Waals surface area contributed by atoms with Crippen LogP contribution >= 0.6 is 23.4 Å². The second-order valence-corrected chi connectivity index (χ2v) is 4.59. The Bertz CT molecular complexity index is 473. The molecule has 5 heteroatoms. The maximum atomic E-state index is 6.00. The zero-order chi connectivity index (χ0) is 11.4. The van der Waals surface area contributed by atoms with Crippen molar-refractivity contribution in [3.63, 3.8) is 0 Å². The highest BCUT2D eigenvalue weighted by Gasteiger charge is 2.01. The molecule has 0 aromatic carbocycles. The van der Waals surface area contributed by atoms with Crippen molar-refractivity contribution in [1.82, 2.24) is 9.97 Å². The lowest BCUT2D eigenvalue weighted by Crippen LogP contribution is -1.88. The van der Waals surface area contributed by atoms with Crippen molar-refractivity contribution in [2.75, 3.05) is 5.73 Å². The fourth-order valence-electron chi connectivity index (χ4n) is 1.15. The second-order valence-electron chi connectivity index (χ2n) is 3.19. The number of thioether (sulfide) groups is 1. The number of hydrogen-bond acceptors (Lipinski definition) is 4. The minimum absolute atomic E-state index is 0.672. The van der Waals surface area contributed by atoms with Crippen molar-refractivity contribution in [2.24, 2.45) is 0 Å². The van der Waals surface area contributed by atoms with Gasteiger partial charge in [-0.05, 0) is 23.8 Å². The van der Waals surface area contributed by atoms with E-state index in [2.05, 4.69) is 9.97 Å². The summed E-state index contributed by atoms with van der Waals surface area (Å²) < 4.78 is 0. The fraction of sp³-hybridized carbons (Fsp3) is 0.0909. The molecule has 2 aromatic rings. The molecule has 0 unspecified atom stereocenters. The van der Waals surface area contributed by atoms with Gasteiger partial charge in [0.15, 0.2) is 0 Å². The van der Waals surface area contributed by atoms with Gasteiger partial charge in [-0.3, -0.25) is 4.98 Å². The maximum absolute atomic E-state index is 6.00. The Morgan fingerprint density at radius 2 is 2.12 bits per heavy atom. The molecule has 2 rings (SSSR count). The van der Waals surface area contributed by atoms with Crippen molar-refractivity contribution in [3.05, 3.63) is 47.4 Å². The van der Waals surface area contributed by atoms with E-state index in [1.165, 1.54) is 0 Å². The first-order chi connectivity index (χ1) is 7.75. The summed E-state index contributed by atoms with van der Waals surface area (Å²) in [5.74, 6) is 0.776. The first-order valence-corrected chi connectivity index (χ1v) is 6.05. The number of nitrogen functional groups attached to an aromatic ring is 1. The molecular formula is C11H10ClN3S. The molecule has 0 aliphatic heterocycles. The number of nitrogens with two attached hydrogens (primary N) is 1. The smallest absolute Gasteiger partial charge is 0.0964 e. The number of halogens is 1. The fourth-order valence-corrected chi connectivity index (χ4v) is 2.26. The standard InChI is InChI=1S/C11H10ClN3S/c12-10-6-14-4-3-8(10)7-16-11-2-1-9(13)5-15-11/h1-6H,7,13H2. The van der Waals surface area contributed by atoms with Crippen molar-refractivity contribution in [3.8, 4) is 0 Å². The second kappa shape index (κ2) is 5.18. The van der Waals surface area contributed by atoms with Gasteiger partial charge in [0.25, 0.3) is 0 Å². The van der Waals surface area contributed by atoms with Crippen LogP contribution in [-0.2, 0) is 5.75 Å². The van der Waals surface area contributed by atoms with E-state index < -0.39 is 0 Å². The molecule has 0 radical (unpaired) electrons. The van der Waals surface area contributed by atoms with Gasteiger partial charge in [-0.15, -0.1) is 11.8 Å². The molecule has 2 N–H and O–H groups in total. The first kappa shape index (κ1) is 11.2. The Hall–Kier alpha value is -1.26. The van der Waals surface area contributed by atoms with Gasteiger partial charge in [-0.2, -0.15) is 0 Å². The lowest BCUT2D eigenvalue weighted by molar-refractivity contribution is 1.13. The van der Waals surface area contributed by atoms with E-state index in [1.54, 1.807) is 30.4 Å². The monoisotopic (exact) mass is 251 g/mol. The molecule has 0 saturated heterocycles. The number of rotatable bonds is 3. The lowest BCUT2D eigenvalue weighted by Gasteiger charge is -2.03. The summed E-state index contributed by atoms with van der Waals surface area (Å²) in [4.78, 5) is 8.14. The number of nitrogens with zero attached hydrogens (tertiary/aromatic N) is 2. The lowest BCUT2D eigenvalue weighted by atomic mass is 10.3. The van der Waals surface area contributed by atoms with Crippen LogP contribution in [0.1, 0.15) is 5.56 Å². The van der Waals surface area contributed by atoms with Gasteiger partial charge in [0, 0.05) is 18.1 Å². The highest BCUT2D eigenvalue weighted by atomic mass is 35.5. The third-order valence-electron chi connectivity index (χ3n) is 1.99. The molecule has 0 aliphatic rings. The largest absolute Gasteiger partial charge is 0.397 e. The molecule has 82 valence electrons. The molecule has 3 nitrogen and oxygen atoms in total. The molecule has 0 bridgehead atoms. The van der Waals surface area contributed by atoms with E-state index in [9.17, 15) is 0 Å². The van der Waals surface area contributed by atoms with Crippen LogP contribution < -0.4 is 5.73 Å². The van der Waals surface area contributed by atoms with E-state index in [4.69, 9.17) is 17.3 Å². The molecule has 0 spiro atoms. The van der Waals surface area contributed by atoms with Crippen LogP contribution in [0, 0.1) is 0 Å². The van der Waals surface area contributed by atoms with Crippen molar-refractivity contribution >= 4 is 29.1 Å². The summed E-state index contributed by atoms with van der Waals surface area (Å²) in [6.07, 6.45) is 5.03. The number of pyridine rings is 2. The van der Waals surface area contributed by atoms with Gasteiger partial charge < -0.3 is 5.73 Å². The maximum Gasteiger partial charge on any atom is 0.0964 e. The Kier molecular flexibility index (Phi) is 3.64. The number of anilines is 1. The van der Waals surface area contributed by atoms with Crippen molar-refractivity contribution in [2.45, 2.75) is 10.8 Å². The molecule has 0 aliphatic carbocycles. The van der Waals surface area contributed by atoms with Crippen LogP contribution in [0.4, 0.5) is 5.69 Å². The van der Waals surface area contributed by atoms with Crippen LogP contribution in [0.15, 0.2) is 41.8 Å². The quantitative estimate of drug-likeness (QED) is 0.852. The minimum Gasteiger partial charge on any atom is -0.397 e. The van der Waals surface area contributed by atoms with E-state index in [0.717, 1.165) is 16.3 Å². The van der Waals surface area contributed by atoms with E-state index in [-0.39, 0.29) is 0 Å². The van der Waals surface area contributed by atoms with Gasteiger partial charge in [0.1, 0.15) is 0 Å². The molecule has 0 amide bonds. The number of hydrogen-bond donors (Lipinski definition) is 1. The van der Waals surface area contributed by atoms with Crippen LogP contribution in [0.2, 0.25) is 5.02 Å². The molecule has 0 saturated carbocycles. The SMILES string of the molecule is Nc1ccc(SCc2ccncc2Cl)nc1. The van der Waals surface area contributed by atoms with Gasteiger partial charge in [0.05, 0.1) is 21.9 Å². The summed E-state index contributed by atoms with van der Waals surface area (Å²) in [7, 11) is 0. The Morgan fingerprint density at radius 1 is 1.25 bits per heavy atom. The van der Waals surface area contributed by atoms with E-state index >= 15 is 0 Å². The van der Waals surface area contributed by atoms with Crippen LogP contribution in [0.5, 0.6) is 0 Å². The zero-order valence-corrected chi connectivity index (χ0v) is 10.0. The number of aromatic nitrogens is 2. The summed E-state index contributed by atoms with van der Waals surface area (Å²) in [5, 5.41) is 1.62. The zero-order valence-electron chi connectivity index (χ0n) is 8.43. The van der Waals surface area contributed by atoms with E-state index in [1.807, 2.05) is 18.2 Å². The predicted molar refractivity (Wildman–Crippen MR) is 67.5 cm³/mol. The van der Waals surface area contributed by atoms with Crippen molar-refractivity contribution < 1.29 is 0 Å². The molecule has 2 aromatic heterocycles. The van der Waals surface area contributed by atoms with Crippen molar-refractivity contribution in [1.29, 1.82) is 0 Å². The topological polar surface area (TPSA) is 51.8 Å². The highest BCUT2D eigenvalue weighted by Crippen LogP contribution is 2.24. The molecule has 16 heavy (non-hydrogen) atoms. The summed E-state index contributed by atoms with van der Waals surface area (Å²) in [6.45, 7) is 0. The molecule has 0 atom stereocenters. The molecule has 0 fully saturated rings. The van der Waals surface area contributed by atoms with Gasteiger partial charge in [-0.25, -0.2) is 4.98 Å². The molecule has 2 heterocycles. The normalized spacial score (nSPS) is 10.3. The van der Waals surface area contributed by atoms with Gasteiger partial charge in [-0.1, -0.05) is 11.6 Å². The average molecular weight is 252 g/mol. The molecular weight excluding hydrogens is 242 g/mol. The first-order valence-electron chi connectivity index (χ1n) is 4.68. The van der Waals surface area contributed by atoms with Crippen LogP contribution in [0.3, 0.4) is 0 Å². The van der Waals surface area contributed by atoms with Crippen LogP contribution in [-0.4, -0.2) is 9.97 Å². The third kappa shape index (κ3) is 2.87. The summed E-state index contributed by atoms with van der Waals surface area (Å²) >= 11 is 7.62. The summed E-state index contributed by atoms with van der Waals surface area (Å²) in [6, 6.07) is 5.64. The highest BCUT2D eigenvalue weighted by molar-refractivity contribution is 7.98. The van der Waals surface area contributed by atoms with E-state index in [0.29, 0.717) is 10.7 Å². The Morgan fingerprint density at radius 3 is 2.81 bits per heavy atom. The third-order valence-corrected chi connectivity index (χ3v) is 3.32. The predicted octanol–water partition coefficient (Wildman–Crippen LogP) is 3.00. The Labute approximate surface area is 103 Å². The average Bonchev–Trinajstić information content (AvgIpc) is 2.30.